The number of carboxylic acid groups (broad SMARTS) is 1. The summed E-state index contributed by atoms with van der Waals surface area (Å²) in [6.45, 7) is -0.121. The fourth-order valence-corrected chi connectivity index (χ4v) is 4.31. The second-order valence-electron chi connectivity index (χ2n) is 7.29. The number of primary amides is 2. The van der Waals surface area contributed by atoms with Crippen LogP contribution in [0.15, 0.2) is 42.5 Å². The van der Waals surface area contributed by atoms with Crippen molar-refractivity contribution in [1.82, 2.24) is 4.57 Å². The van der Waals surface area contributed by atoms with Crippen LogP contribution in [0.5, 0.6) is 5.75 Å². The Morgan fingerprint density at radius 2 is 1.87 bits per heavy atom. The lowest BCUT2D eigenvalue weighted by Gasteiger charge is -2.13. The predicted molar refractivity (Wildman–Crippen MR) is 109 cm³/mol. The monoisotopic (exact) mass is 407 g/mol. The van der Waals surface area contributed by atoms with E-state index in [-0.39, 0.29) is 0 Å². The van der Waals surface area contributed by atoms with Crippen molar-refractivity contribution in [2.45, 2.75) is 25.3 Å². The zero-order chi connectivity index (χ0) is 21.4. The van der Waals surface area contributed by atoms with Crippen LogP contribution < -0.4 is 16.2 Å². The minimum atomic E-state index is -1.09. The molecule has 1 atom stereocenters. The maximum atomic E-state index is 12.1. The average molecular weight is 407 g/mol. The topological polar surface area (TPSA) is 138 Å². The first kappa shape index (κ1) is 19.5. The highest BCUT2D eigenvalue weighted by atomic mass is 16.5. The Labute approximate surface area is 172 Å². The molecule has 154 valence electrons. The molecule has 0 fully saturated rings. The van der Waals surface area contributed by atoms with E-state index in [1.807, 2.05) is 22.8 Å². The molecule has 2 aromatic carbocycles. The summed E-state index contributed by atoms with van der Waals surface area (Å²) in [5.41, 5.74) is 14.9. The highest BCUT2D eigenvalue weighted by molar-refractivity contribution is 5.98. The van der Waals surface area contributed by atoms with Crippen molar-refractivity contribution in [2.75, 3.05) is 6.61 Å². The highest BCUT2D eigenvalue weighted by Gasteiger charge is 2.34. The van der Waals surface area contributed by atoms with Gasteiger partial charge in [-0.15, -0.1) is 0 Å². The zero-order valence-corrected chi connectivity index (χ0v) is 16.1. The molecular formula is C22H21N3O5. The Bertz CT molecular complexity index is 1180. The Morgan fingerprint density at radius 1 is 1.10 bits per heavy atom. The van der Waals surface area contributed by atoms with Gasteiger partial charge in [0, 0.05) is 23.2 Å². The van der Waals surface area contributed by atoms with E-state index >= 15 is 0 Å². The number of benzene rings is 2. The summed E-state index contributed by atoms with van der Waals surface area (Å²) in [5.74, 6) is -2.13. The van der Waals surface area contributed by atoms with Crippen LogP contribution in [0.1, 0.15) is 39.5 Å². The van der Waals surface area contributed by atoms with Gasteiger partial charge in [0.25, 0.3) is 0 Å². The van der Waals surface area contributed by atoms with Crippen molar-refractivity contribution in [3.05, 3.63) is 64.8 Å². The number of carbonyl (C=O) groups excluding carboxylic acids is 2. The Kier molecular flexibility index (Phi) is 4.91. The lowest BCUT2D eigenvalue weighted by Crippen LogP contribution is -2.19. The summed E-state index contributed by atoms with van der Waals surface area (Å²) in [5, 5.41) is 9.70. The van der Waals surface area contributed by atoms with E-state index in [0.717, 1.165) is 22.3 Å². The van der Waals surface area contributed by atoms with Crippen molar-refractivity contribution < 1.29 is 24.2 Å². The summed E-state index contributed by atoms with van der Waals surface area (Å²) >= 11 is 0. The molecular weight excluding hydrogens is 386 g/mol. The zero-order valence-electron chi connectivity index (χ0n) is 16.1. The molecule has 0 saturated carbocycles. The first-order valence-corrected chi connectivity index (χ1v) is 9.54. The first-order chi connectivity index (χ1) is 14.4. The van der Waals surface area contributed by atoms with E-state index in [2.05, 4.69) is 0 Å². The molecule has 5 N–H and O–H groups in total. The van der Waals surface area contributed by atoms with Gasteiger partial charge in [0.1, 0.15) is 5.75 Å². The van der Waals surface area contributed by atoms with Crippen LogP contribution in [0.3, 0.4) is 0 Å². The molecule has 8 heteroatoms. The molecule has 1 aliphatic rings. The van der Waals surface area contributed by atoms with Crippen LogP contribution in [-0.2, 0) is 22.6 Å². The van der Waals surface area contributed by atoms with Crippen molar-refractivity contribution >= 4 is 28.7 Å². The van der Waals surface area contributed by atoms with E-state index in [4.69, 9.17) is 21.3 Å². The van der Waals surface area contributed by atoms with Crippen LogP contribution in [0.2, 0.25) is 0 Å². The lowest BCUT2D eigenvalue weighted by atomic mass is 9.99. The van der Waals surface area contributed by atoms with Crippen LogP contribution in [0.25, 0.3) is 10.9 Å². The molecule has 1 heterocycles. The van der Waals surface area contributed by atoms with E-state index in [1.165, 1.54) is 0 Å². The third-order valence-electron chi connectivity index (χ3n) is 5.53. The number of ether oxygens (including phenoxy) is 1. The number of hydrogen-bond acceptors (Lipinski definition) is 4. The molecule has 2 amide bonds. The summed E-state index contributed by atoms with van der Waals surface area (Å²) < 4.78 is 7.55. The fraction of sp³-hybridized carbons (Fsp3) is 0.227. The number of amides is 2. The van der Waals surface area contributed by atoms with Crippen molar-refractivity contribution in [1.29, 1.82) is 0 Å². The number of carbonyl (C=O) groups is 3. The predicted octanol–water partition coefficient (Wildman–Crippen LogP) is 1.77. The molecule has 0 aliphatic heterocycles. The van der Waals surface area contributed by atoms with Crippen molar-refractivity contribution in [3.63, 3.8) is 0 Å². The minimum absolute atomic E-state index is 0.374. The molecule has 4 rings (SSSR count). The number of fused-ring (bicyclic) bond motifs is 3. The maximum Gasteiger partial charge on any atom is 0.341 e. The highest BCUT2D eigenvalue weighted by Crippen LogP contribution is 2.44. The van der Waals surface area contributed by atoms with Gasteiger partial charge >= 0.3 is 5.97 Å². The Balaban J connectivity index is 1.91. The molecule has 30 heavy (non-hydrogen) atoms. The first-order valence-electron chi connectivity index (χ1n) is 9.54. The molecule has 1 aliphatic carbocycles. The largest absolute Gasteiger partial charge is 0.481 e. The average Bonchev–Trinajstić information content (AvgIpc) is 3.26. The smallest absolute Gasteiger partial charge is 0.341 e. The lowest BCUT2D eigenvalue weighted by molar-refractivity contribution is -0.139. The van der Waals surface area contributed by atoms with Gasteiger partial charge in [-0.25, -0.2) is 4.79 Å². The van der Waals surface area contributed by atoms with Gasteiger partial charge in [-0.3, -0.25) is 9.59 Å². The molecule has 8 nitrogen and oxygen atoms in total. The molecule has 0 radical (unpaired) electrons. The summed E-state index contributed by atoms with van der Waals surface area (Å²) in [4.78, 5) is 35.0. The van der Waals surface area contributed by atoms with Gasteiger partial charge in [0.05, 0.1) is 11.4 Å². The quantitative estimate of drug-likeness (QED) is 0.548. The molecule has 1 unspecified atom stereocenters. The van der Waals surface area contributed by atoms with Crippen LogP contribution in [0, 0.1) is 0 Å². The van der Waals surface area contributed by atoms with E-state index in [9.17, 15) is 14.4 Å². The molecule has 0 saturated heterocycles. The summed E-state index contributed by atoms with van der Waals surface area (Å²) in [6.07, 6.45) is 1.20. The fourth-order valence-electron chi connectivity index (χ4n) is 4.31. The third-order valence-corrected chi connectivity index (χ3v) is 5.53. The van der Waals surface area contributed by atoms with Gasteiger partial charge in [-0.2, -0.15) is 0 Å². The third kappa shape index (κ3) is 3.26. The standard InChI is InChI=1S/C22H21N3O5/c23-21(28)13-5-2-1-4-12(13)10-25-15-6-3-7-17(30-11-18(26)27)20(15)19-14(22(24)29)8-9-16(19)25/h1-7,14H,8-11H2,(H2,23,28)(H2,24,29)(H,26,27). The van der Waals surface area contributed by atoms with Crippen molar-refractivity contribution in [2.24, 2.45) is 11.5 Å². The Hall–Kier alpha value is -3.81. The number of carboxylic acids is 1. The van der Waals surface area contributed by atoms with Gasteiger partial charge in [0.2, 0.25) is 11.8 Å². The minimum Gasteiger partial charge on any atom is -0.481 e. The second-order valence-corrected chi connectivity index (χ2v) is 7.29. The number of rotatable bonds is 7. The van der Waals surface area contributed by atoms with E-state index < -0.39 is 30.3 Å². The van der Waals surface area contributed by atoms with Crippen LogP contribution in [-0.4, -0.2) is 34.1 Å². The Morgan fingerprint density at radius 3 is 2.57 bits per heavy atom. The van der Waals surface area contributed by atoms with Gasteiger partial charge in [0.15, 0.2) is 6.61 Å². The molecule has 0 spiro atoms. The number of aromatic nitrogens is 1. The summed E-state index contributed by atoms with van der Waals surface area (Å²) in [6, 6.07) is 12.4. The maximum absolute atomic E-state index is 12.1. The van der Waals surface area contributed by atoms with Gasteiger partial charge < -0.3 is 25.9 Å². The summed E-state index contributed by atoms with van der Waals surface area (Å²) in [7, 11) is 0. The number of aliphatic carboxylic acids is 1. The van der Waals surface area contributed by atoms with E-state index in [0.29, 0.717) is 36.1 Å². The van der Waals surface area contributed by atoms with E-state index in [1.54, 1.807) is 24.3 Å². The second kappa shape index (κ2) is 7.55. The number of hydrogen-bond donors (Lipinski definition) is 3. The molecule has 3 aromatic rings. The van der Waals surface area contributed by atoms with Gasteiger partial charge in [-0.1, -0.05) is 24.3 Å². The SMILES string of the molecule is NC(=O)c1ccccc1Cn1c2c(c3c(OCC(=O)O)cccc31)C(C(N)=O)CC2. The molecule has 0 bridgehead atoms. The normalized spacial score (nSPS) is 15.1. The van der Waals surface area contributed by atoms with Crippen LogP contribution >= 0.6 is 0 Å². The number of nitrogens with zero attached hydrogens (tertiary/aromatic N) is 1. The van der Waals surface area contributed by atoms with Gasteiger partial charge in [-0.05, 0) is 42.2 Å². The molecule has 1 aromatic heterocycles. The van der Waals surface area contributed by atoms with Crippen molar-refractivity contribution in [3.8, 4) is 5.75 Å². The van der Waals surface area contributed by atoms with Crippen LogP contribution in [0.4, 0.5) is 0 Å². The number of nitrogens with two attached hydrogens (primary N) is 2.